The lowest BCUT2D eigenvalue weighted by atomic mass is 10.3. The molecule has 0 aromatic carbocycles. The molecule has 0 atom stereocenters. The van der Waals surface area contributed by atoms with Gasteiger partial charge in [0.25, 0.3) is 0 Å². The second-order valence-electron chi connectivity index (χ2n) is 3.24. The lowest BCUT2D eigenvalue weighted by Gasteiger charge is -2.21. The summed E-state index contributed by atoms with van der Waals surface area (Å²) in [5.41, 5.74) is 0. The normalized spacial score (nSPS) is 10.8. The average Bonchev–Trinajstić information content (AvgIpc) is 2.73. The van der Waals surface area contributed by atoms with Crippen molar-refractivity contribution in [3.63, 3.8) is 0 Å². The molecular formula is C11H13ClN2S. The van der Waals surface area contributed by atoms with E-state index in [1.165, 1.54) is 10.1 Å². The third-order valence-corrected chi connectivity index (χ3v) is 3.45. The van der Waals surface area contributed by atoms with E-state index in [1.807, 2.05) is 6.20 Å². The number of thiophene rings is 1. The highest BCUT2D eigenvalue weighted by Crippen LogP contribution is 2.28. The fraction of sp³-hybridized carbons (Fsp3) is 0.364. The summed E-state index contributed by atoms with van der Waals surface area (Å²) >= 11 is 7.53. The van der Waals surface area contributed by atoms with Gasteiger partial charge in [-0.1, -0.05) is 0 Å². The maximum Gasteiger partial charge on any atom is 0.137 e. The minimum Gasteiger partial charge on any atom is -0.355 e. The van der Waals surface area contributed by atoms with Crippen molar-refractivity contribution < 1.29 is 0 Å². The van der Waals surface area contributed by atoms with Gasteiger partial charge in [0.1, 0.15) is 5.82 Å². The first-order valence-electron chi connectivity index (χ1n) is 5.00. The number of rotatable bonds is 4. The summed E-state index contributed by atoms with van der Waals surface area (Å²) < 4.78 is 1.29. The number of anilines is 1. The zero-order valence-corrected chi connectivity index (χ0v) is 10.2. The van der Waals surface area contributed by atoms with Crippen LogP contribution < -0.4 is 4.90 Å². The van der Waals surface area contributed by atoms with Crippen molar-refractivity contribution in [3.8, 4) is 0 Å². The van der Waals surface area contributed by atoms with Crippen LogP contribution in [0.25, 0.3) is 10.1 Å². The monoisotopic (exact) mass is 240 g/mol. The van der Waals surface area contributed by atoms with Crippen LogP contribution in [0.2, 0.25) is 0 Å². The molecule has 0 amide bonds. The predicted molar refractivity (Wildman–Crippen MR) is 68.2 cm³/mol. The molecule has 0 aliphatic heterocycles. The lowest BCUT2D eigenvalue weighted by Crippen LogP contribution is -2.25. The highest BCUT2D eigenvalue weighted by atomic mass is 35.5. The van der Waals surface area contributed by atoms with Crippen LogP contribution in [0.4, 0.5) is 5.82 Å². The van der Waals surface area contributed by atoms with Gasteiger partial charge in [0.15, 0.2) is 0 Å². The molecule has 2 rings (SSSR count). The van der Waals surface area contributed by atoms with Crippen LogP contribution in [-0.2, 0) is 0 Å². The Hall–Kier alpha value is -0.800. The number of nitrogens with zero attached hydrogens (tertiary/aromatic N) is 2. The van der Waals surface area contributed by atoms with Crippen LogP contribution in [0.3, 0.4) is 0 Å². The molecule has 0 aliphatic rings. The van der Waals surface area contributed by atoms with Crippen molar-refractivity contribution in [2.24, 2.45) is 0 Å². The van der Waals surface area contributed by atoms with Gasteiger partial charge in [-0.25, -0.2) is 4.98 Å². The summed E-state index contributed by atoms with van der Waals surface area (Å²) in [6.07, 6.45) is 1.87. The van der Waals surface area contributed by atoms with Crippen molar-refractivity contribution in [1.82, 2.24) is 4.98 Å². The van der Waals surface area contributed by atoms with E-state index >= 15 is 0 Å². The Labute approximate surface area is 98.5 Å². The summed E-state index contributed by atoms with van der Waals surface area (Å²) in [5, 5.41) is 3.33. The summed E-state index contributed by atoms with van der Waals surface area (Å²) in [4.78, 5) is 6.65. The molecule has 0 unspecified atom stereocenters. The minimum atomic E-state index is 0.635. The number of halogens is 1. The van der Waals surface area contributed by atoms with Crippen molar-refractivity contribution in [1.29, 1.82) is 0 Å². The Morgan fingerprint density at radius 2 is 2.33 bits per heavy atom. The Balaban J connectivity index is 2.44. The molecule has 0 fully saturated rings. The lowest BCUT2D eigenvalue weighted by molar-refractivity contribution is 0.855. The molecule has 0 saturated carbocycles. The molecule has 80 valence electrons. The molecule has 0 radical (unpaired) electrons. The van der Waals surface area contributed by atoms with E-state index in [4.69, 9.17) is 11.6 Å². The van der Waals surface area contributed by atoms with E-state index in [2.05, 4.69) is 34.3 Å². The molecule has 0 N–H and O–H groups in total. The Bertz CT molecular complexity index is 441. The van der Waals surface area contributed by atoms with Gasteiger partial charge >= 0.3 is 0 Å². The molecule has 2 nitrogen and oxygen atoms in total. The van der Waals surface area contributed by atoms with Crippen LogP contribution in [0, 0.1) is 0 Å². The van der Waals surface area contributed by atoms with Gasteiger partial charge in [-0.05, 0) is 24.4 Å². The Kier molecular flexibility index (Phi) is 3.44. The molecular weight excluding hydrogens is 228 g/mol. The van der Waals surface area contributed by atoms with Crippen molar-refractivity contribution in [3.05, 3.63) is 23.7 Å². The van der Waals surface area contributed by atoms with Crippen LogP contribution in [0.1, 0.15) is 6.92 Å². The predicted octanol–water partition coefficient (Wildman–Crippen LogP) is 3.36. The zero-order valence-electron chi connectivity index (χ0n) is 8.61. The van der Waals surface area contributed by atoms with Crippen LogP contribution in [0.15, 0.2) is 23.7 Å². The third kappa shape index (κ3) is 2.08. The third-order valence-electron chi connectivity index (χ3n) is 2.39. The second kappa shape index (κ2) is 4.81. The fourth-order valence-corrected chi connectivity index (χ4v) is 2.63. The highest BCUT2D eigenvalue weighted by Gasteiger charge is 2.09. The molecule has 15 heavy (non-hydrogen) atoms. The van der Waals surface area contributed by atoms with Crippen LogP contribution in [-0.4, -0.2) is 24.0 Å². The van der Waals surface area contributed by atoms with Gasteiger partial charge in [-0.2, -0.15) is 0 Å². The standard InChI is InChI=1S/C11H13ClN2S/c1-2-14(7-5-12)11-9-4-8-15-10(9)3-6-13-11/h3-4,6,8H,2,5,7H2,1H3. The summed E-state index contributed by atoms with van der Waals surface area (Å²) in [5.74, 6) is 1.69. The first kappa shape index (κ1) is 10.7. The van der Waals surface area contributed by atoms with E-state index in [-0.39, 0.29) is 0 Å². The van der Waals surface area contributed by atoms with Gasteiger partial charge in [0.05, 0.1) is 0 Å². The summed E-state index contributed by atoms with van der Waals surface area (Å²) in [6, 6.07) is 4.18. The van der Waals surface area contributed by atoms with Gasteiger partial charge in [0.2, 0.25) is 0 Å². The van der Waals surface area contributed by atoms with Crippen molar-refractivity contribution >= 4 is 38.8 Å². The van der Waals surface area contributed by atoms with Gasteiger partial charge in [0, 0.05) is 35.3 Å². The van der Waals surface area contributed by atoms with Gasteiger partial charge in [-0.3, -0.25) is 0 Å². The Morgan fingerprint density at radius 1 is 1.47 bits per heavy atom. The van der Waals surface area contributed by atoms with Gasteiger partial charge in [-0.15, -0.1) is 22.9 Å². The fourth-order valence-electron chi connectivity index (χ4n) is 1.65. The van der Waals surface area contributed by atoms with E-state index in [0.717, 1.165) is 18.9 Å². The number of aromatic nitrogens is 1. The number of alkyl halides is 1. The summed E-state index contributed by atoms with van der Waals surface area (Å²) in [6.45, 7) is 3.91. The average molecular weight is 241 g/mol. The molecule has 4 heteroatoms. The smallest absolute Gasteiger partial charge is 0.137 e. The number of hydrogen-bond acceptors (Lipinski definition) is 3. The maximum absolute atomic E-state index is 5.78. The second-order valence-corrected chi connectivity index (χ2v) is 4.56. The summed E-state index contributed by atoms with van der Waals surface area (Å²) in [7, 11) is 0. The van der Waals surface area contributed by atoms with Crippen molar-refractivity contribution in [2.75, 3.05) is 23.9 Å². The van der Waals surface area contributed by atoms with E-state index in [9.17, 15) is 0 Å². The first-order chi connectivity index (χ1) is 7.36. The molecule has 0 saturated heterocycles. The minimum absolute atomic E-state index is 0.635. The van der Waals surface area contributed by atoms with Crippen LogP contribution >= 0.6 is 22.9 Å². The van der Waals surface area contributed by atoms with Crippen LogP contribution in [0.5, 0.6) is 0 Å². The quantitative estimate of drug-likeness (QED) is 0.762. The molecule has 2 aromatic rings. The Morgan fingerprint density at radius 3 is 3.07 bits per heavy atom. The largest absolute Gasteiger partial charge is 0.355 e. The maximum atomic E-state index is 5.78. The number of hydrogen-bond donors (Lipinski definition) is 0. The van der Waals surface area contributed by atoms with E-state index < -0.39 is 0 Å². The molecule has 0 aliphatic carbocycles. The SMILES string of the molecule is CCN(CCCl)c1nccc2sccc12. The molecule has 2 heterocycles. The van der Waals surface area contributed by atoms with Gasteiger partial charge < -0.3 is 4.90 Å². The molecule has 0 bridgehead atoms. The molecule has 0 spiro atoms. The zero-order chi connectivity index (χ0) is 10.7. The molecule has 2 aromatic heterocycles. The van der Waals surface area contributed by atoms with E-state index in [0.29, 0.717) is 5.88 Å². The first-order valence-corrected chi connectivity index (χ1v) is 6.41. The number of fused-ring (bicyclic) bond motifs is 1. The van der Waals surface area contributed by atoms with Crippen molar-refractivity contribution in [2.45, 2.75) is 6.92 Å². The highest BCUT2D eigenvalue weighted by molar-refractivity contribution is 7.17. The topological polar surface area (TPSA) is 16.1 Å². The van der Waals surface area contributed by atoms with E-state index in [1.54, 1.807) is 11.3 Å². The number of pyridine rings is 1.